The number of phenols is 1. The Balaban J connectivity index is 1.56. The molecule has 5 nitrogen and oxygen atoms in total. The molecule has 1 aliphatic rings. The highest BCUT2D eigenvalue weighted by atomic mass is 16.3. The Bertz CT molecular complexity index is 725. The molecule has 0 bridgehead atoms. The third-order valence-electron chi connectivity index (χ3n) is 5.34. The fourth-order valence-corrected chi connectivity index (χ4v) is 3.60. The zero-order chi connectivity index (χ0) is 19.2. The number of nitrogens with zero attached hydrogens (tertiary/aromatic N) is 3. The standard InChI is InChI=1S/C22H29N3O2/c1-3-23(17-19-7-5-4-6-8-19)22(27)18(2)24-13-15-25(16-14-24)20-9-11-21(26)12-10-20/h4-12,18,26H,3,13-17H2,1-2H3/t18-/m0/s1. The topological polar surface area (TPSA) is 47.0 Å². The Kier molecular flexibility index (Phi) is 6.35. The van der Waals surface area contributed by atoms with E-state index in [4.69, 9.17) is 0 Å². The molecule has 0 aliphatic carbocycles. The number of carbonyl (C=O) groups excluding carboxylic acids is 1. The number of hydrogen-bond acceptors (Lipinski definition) is 4. The van der Waals surface area contributed by atoms with Gasteiger partial charge in [0, 0.05) is 45.0 Å². The number of likely N-dealkylation sites (N-methyl/N-ethyl adjacent to an activating group) is 1. The van der Waals surface area contributed by atoms with Crippen molar-refractivity contribution in [3.8, 4) is 5.75 Å². The van der Waals surface area contributed by atoms with Crippen LogP contribution in [0.1, 0.15) is 19.4 Å². The number of benzene rings is 2. The number of anilines is 1. The maximum atomic E-state index is 13.0. The highest BCUT2D eigenvalue weighted by molar-refractivity contribution is 5.81. The molecular weight excluding hydrogens is 338 g/mol. The third-order valence-corrected chi connectivity index (χ3v) is 5.34. The van der Waals surface area contributed by atoms with Crippen LogP contribution in [0, 0.1) is 0 Å². The minimum Gasteiger partial charge on any atom is -0.508 e. The molecule has 3 rings (SSSR count). The van der Waals surface area contributed by atoms with E-state index in [0.717, 1.165) is 37.4 Å². The summed E-state index contributed by atoms with van der Waals surface area (Å²) in [6.45, 7) is 8.91. The van der Waals surface area contributed by atoms with Gasteiger partial charge in [0.15, 0.2) is 0 Å². The molecule has 27 heavy (non-hydrogen) atoms. The number of hydrogen-bond donors (Lipinski definition) is 1. The van der Waals surface area contributed by atoms with Gasteiger partial charge in [0.05, 0.1) is 6.04 Å². The molecule has 0 spiro atoms. The predicted octanol–water partition coefficient (Wildman–Crippen LogP) is 2.95. The Morgan fingerprint density at radius 2 is 1.67 bits per heavy atom. The van der Waals surface area contributed by atoms with Crippen LogP contribution in [0.3, 0.4) is 0 Å². The summed E-state index contributed by atoms with van der Waals surface area (Å²) in [5.74, 6) is 0.481. The summed E-state index contributed by atoms with van der Waals surface area (Å²) >= 11 is 0. The Labute approximate surface area is 161 Å². The van der Waals surface area contributed by atoms with Gasteiger partial charge in [-0.1, -0.05) is 30.3 Å². The van der Waals surface area contributed by atoms with Crippen molar-refractivity contribution < 1.29 is 9.90 Å². The van der Waals surface area contributed by atoms with E-state index in [-0.39, 0.29) is 17.7 Å². The first-order valence-electron chi connectivity index (χ1n) is 9.69. The van der Waals surface area contributed by atoms with E-state index < -0.39 is 0 Å². The minimum atomic E-state index is -0.115. The first kappa shape index (κ1) is 19.2. The summed E-state index contributed by atoms with van der Waals surface area (Å²) in [5.41, 5.74) is 2.28. The van der Waals surface area contributed by atoms with Gasteiger partial charge in [-0.15, -0.1) is 0 Å². The summed E-state index contributed by atoms with van der Waals surface area (Å²) in [6, 6.07) is 17.4. The average molecular weight is 367 g/mol. The second-order valence-corrected chi connectivity index (χ2v) is 7.05. The lowest BCUT2D eigenvalue weighted by molar-refractivity contribution is -0.137. The Hall–Kier alpha value is -2.53. The van der Waals surface area contributed by atoms with Gasteiger partial charge in [0.1, 0.15) is 5.75 Å². The summed E-state index contributed by atoms with van der Waals surface area (Å²) < 4.78 is 0. The lowest BCUT2D eigenvalue weighted by Gasteiger charge is -2.39. The van der Waals surface area contributed by atoms with Crippen molar-refractivity contribution in [1.29, 1.82) is 0 Å². The maximum Gasteiger partial charge on any atom is 0.239 e. The van der Waals surface area contributed by atoms with Crippen LogP contribution in [0.15, 0.2) is 54.6 Å². The molecule has 0 unspecified atom stereocenters. The number of phenolic OH excluding ortho intramolecular Hbond substituents is 1. The summed E-state index contributed by atoms with van der Waals surface area (Å²) in [4.78, 5) is 19.5. The van der Waals surface area contributed by atoms with Crippen LogP contribution in [0.2, 0.25) is 0 Å². The normalized spacial score (nSPS) is 16.1. The molecule has 1 heterocycles. The van der Waals surface area contributed by atoms with Crippen LogP contribution in [-0.4, -0.2) is 59.6 Å². The van der Waals surface area contributed by atoms with E-state index in [1.165, 1.54) is 0 Å². The van der Waals surface area contributed by atoms with E-state index in [2.05, 4.69) is 21.9 Å². The molecule has 0 radical (unpaired) electrons. The fraction of sp³-hybridized carbons (Fsp3) is 0.409. The summed E-state index contributed by atoms with van der Waals surface area (Å²) in [5, 5.41) is 9.44. The molecule has 1 fully saturated rings. The fourth-order valence-electron chi connectivity index (χ4n) is 3.60. The molecule has 5 heteroatoms. The number of piperazine rings is 1. The second kappa shape index (κ2) is 8.91. The predicted molar refractivity (Wildman–Crippen MR) is 109 cm³/mol. The molecule has 1 amide bonds. The SMILES string of the molecule is CCN(Cc1ccccc1)C(=O)[C@H](C)N1CCN(c2ccc(O)cc2)CC1. The highest BCUT2D eigenvalue weighted by Crippen LogP contribution is 2.21. The van der Waals surface area contributed by atoms with Crippen LogP contribution in [0.5, 0.6) is 5.75 Å². The monoisotopic (exact) mass is 367 g/mol. The minimum absolute atomic E-state index is 0.115. The number of rotatable bonds is 6. The van der Waals surface area contributed by atoms with Crippen molar-refractivity contribution >= 4 is 11.6 Å². The van der Waals surface area contributed by atoms with Crippen molar-refractivity contribution in [2.45, 2.75) is 26.4 Å². The second-order valence-electron chi connectivity index (χ2n) is 7.05. The van der Waals surface area contributed by atoms with Crippen LogP contribution in [0.25, 0.3) is 0 Å². The van der Waals surface area contributed by atoms with Crippen molar-refractivity contribution in [3.63, 3.8) is 0 Å². The number of carbonyl (C=O) groups is 1. The molecule has 1 aliphatic heterocycles. The quantitative estimate of drug-likeness (QED) is 0.853. The van der Waals surface area contributed by atoms with Crippen LogP contribution in [-0.2, 0) is 11.3 Å². The lowest BCUT2D eigenvalue weighted by atomic mass is 10.1. The Morgan fingerprint density at radius 1 is 1.04 bits per heavy atom. The molecule has 144 valence electrons. The molecule has 0 saturated carbocycles. The van der Waals surface area contributed by atoms with Crippen LogP contribution >= 0.6 is 0 Å². The van der Waals surface area contributed by atoms with E-state index in [1.54, 1.807) is 12.1 Å². The average Bonchev–Trinajstić information content (AvgIpc) is 2.72. The van der Waals surface area contributed by atoms with Gasteiger partial charge in [-0.25, -0.2) is 0 Å². The van der Waals surface area contributed by atoms with Gasteiger partial charge >= 0.3 is 0 Å². The van der Waals surface area contributed by atoms with Gasteiger partial charge in [0.2, 0.25) is 5.91 Å². The molecular formula is C22H29N3O2. The molecule has 1 N–H and O–H groups in total. The highest BCUT2D eigenvalue weighted by Gasteiger charge is 2.28. The van der Waals surface area contributed by atoms with Crippen molar-refractivity contribution in [2.24, 2.45) is 0 Å². The number of aromatic hydroxyl groups is 1. The first-order valence-corrected chi connectivity index (χ1v) is 9.69. The van der Waals surface area contributed by atoms with Crippen molar-refractivity contribution in [1.82, 2.24) is 9.80 Å². The summed E-state index contributed by atoms with van der Waals surface area (Å²) in [7, 11) is 0. The molecule has 0 aromatic heterocycles. The smallest absolute Gasteiger partial charge is 0.239 e. The first-order chi connectivity index (χ1) is 13.1. The van der Waals surface area contributed by atoms with Crippen molar-refractivity contribution in [3.05, 3.63) is 60.2 Å². The molecule has 1 saturated heterocycles. The molecule has 2 aromatic rings. The third kappa shape index (κ3) is 4.80. The van der Waals surface area contributed by atoms with E-state index in [1.807, 2.05) is 49.1 Å². The zero-order valence-corrected chi connectivity index (χ0v) is 16.2. The van der Waals surface area contributed by atoms with Crippen LogP contribution < -0.4 is 4.90 Å². The Morgan fingerprint density at radius 3 is 2.26 bits per heavy atom. The number of amides is 1. The van der Waals surface area contributed by atoms with Gasteiger partial charge in [0.25, 0.3) is 0 Å². The molecule has 1 atom stereocenters. The van der Waals surface area contributed by atoms with Crippen LogP contribution in [0.4, 0.5) is 5.69 Å². The molecule has 2 aromatic carbocycles. The van der Waals surface area contributed by atoms with Gasteiger partial charge in [-0.3, -0.25) is 9.69 Å². The van der Waals surface area contributed by atoms with Gasteiger partial charge in [-0.2, -0.15) is 0 Å². The van der Waals surface area contributed by atoms with Gasteiger partial charge < -0.3 is 14.9 Å². The maximum absolute atomic E-state index is 13.0. The van der Waals surface area contributed by atoms with Crippen molar-refractivity contribution in [2.75, 3.05) is 37.6 Å². The van der Waals surface area contributed by atoms with Gasteiger partial charge in [-0.05, 0) is 43.7 Å². The summed E-state index contributed by atoms with van der Waals surface area (Å²) in [6.07, 6.45) is 0. The zero-order valence-electron chi connectivity index (χ0n) is 16.2. The van der Waals surface area contributed by atoms with E-state index in [9.17, 15) is 9.90 Å². The largest absolute Gasteiger partial charge is 0.508 e. The van der Waals surface area contributed by atoms with E-state index in [0.29, 0.717) is 13.1 Å². The van der Waals surface area contributed by atoms with E-state index >= 15 is 0 Å². The lowest BCUT2D eigenvalue weighted by Crippen LogP contribution is -2.54.